The first-order valence-electron chi connectivity index (χ1n) is 4.02. The van der Waals surface area contributed by atoms with Crippen molar-refractivity contribution in [2.24, 2.45) is 5.92 Å². The summed E-state index contributed by atoms with van der Waals surface area (Å²) < 4.78 is 0. The number of aliphatic carboxylic acids is 1. The summed E-state index contributed by atoms with van der Waals surface area (Å²) in [5.74, 6) is -0.136. The van der Waals surface area contributed by atoms with E-state index < -0.39 is 5.97 Å². The number of carboxylic acid groups (broad SMARTS) is 1. The maximum atomic E-state index is 10.0. The number of hydrogen-bond donors (Lipinski definition) is 1. The van der Waals surface area contributed by atoms with Crippen LogP contribution in [0.4, 0.5) is 0 Å². The van der Waals surface area contributed by atoms with Crippen LogP contribution < -0.4 is 0 Å². The molecule has 0 amide bonds. The van der Waals surface area contributed by atoms with Crippen molar-refractivity contribution in [3.8, 4) is 0 Å². The van der Waals surface area contributed by atoms with Crippen LogP contribution in [0.25, 0.3) is 0 Å². The number of allylic oxidation sites excluding steroid dienone is 1. The number of carbonyl (C=O) groups is 1. The molecule has 0 aromatic rings. The van der Waals surface area contributed by atoms with Gasteiger partial charge in [-0.25, -0.2) is 4.79 Å². The van der Waals surface area contributed by atoms with E-state index in [9.17, 15) is 4.79 Å². The smallest absolute Gasteiger partial charge is 0.327 e. The van der Waals surface area contributed by atoms with Gasteiger partial charge in [0.25, 0.3) is 0 Å². The van der Waals surface area contributed by atoms with Gasteiger partial charge in [0.2, 0.25) is 0 Å². The van der Waals surface area contributed by atoms with E-state index in [1.54, 1.807) is 6.08 Å². The Morgan fingerprint density at radius 1 is 1.55 bits per heavy atom. The van der Waals surface area contributed by atoms with Gasteiger partial charge in [0.1, 0.15) is 0 Å². The van der Waals surface area contributed by atoms with Gasteiger partial charge in [-0.3, -0.25) is 0 Å². The maximum Gasteiger partial charge on any atom is 0.327 e. The van der Waals surface area contributed by atoms with Gasteiger partial charge in [0.05, 0.1) is 0 Å². The van der Waals surface area contributed by atoms with Gasteiger partial charge < -0.3 is 5.11 Å². The molecule has 0 aliphatic heterocycles. The third-order valence-electron chi connectivity index (χ3n) is 1.41. The minimum atomic E-state index is -0.852. The molecule has 0 unspecified atom stereocenters. The molecule has 11 heavy (non-hydrogen) atoms. The lowest BCUT2D eigenvalue weighted by atomic mass is 10.1. The molecule has 64 valence electrons. The molecule has 0 fully saturated rings. The van der Waals surface area contributed by atoms with Crippen LogP contribution in [0.3, 0.4) is 0 Å². The van der Waals surface area contributed by atoms with Gasteiger partial charge in [-0.15, -0.1) is 0 Å². The van der Waals surface area contributed by atoms with Crippen molar-refractivity contribution in [1.29, 1.82) is 0 Å². The van der Waals surface area contributed by atoms with Crippen LogP contribution in [0, 0.1) is 5.92 Å². The Balaban J connectivity index is 3.21. The van der Waals surface area contributed by atoms with Crippen LogP contribution >= 0.6 is 0 Å². The molecular weight excluding hydrogens is 140 g/mol. The van der Waals surface area contributed by atoms with Crippen LogP contribution in [-0.2, 0) is 4.79 Å². The molecule has 0 aliphatic rings. The third-order valence-corrected chi connectivity index (χ3v) is 1.41. The zero-order valence-electron chi connectivity index (χ0n) is 7.21. The van der Waals surface area contributed by atoms with E-state index >= 15 is 0 Å². The topological polar surface area (TPSA) is 37.3 Å². The van der Waals surface area contributed by atoms with E-state index in [2.05, 4.69) is 13.8 Å². The largest absolute Gasteiger partial charge is 0.478 e. The van der Waals surface area contributed by atoms with Crippen molar-refractivity contribution in [3.63, 3.8) is 0 Å². The Kier molecular flexibility index (Phi) is 5.53. The molecule has 2 heteroatoms. The van der Waals surface area contributed by atoms with Crippen molar-refractivity contribution in [3.05, 3.63) is 12.2 Å². The highest BCUT2D eigenvalue weighted by atomic mass is 16.4. The highest BCUT2D eigenvalue weighted by Gasteiger charge is 1.91. The summed E-state index contributed by atoms with van der Waals surface area (Å²) in [5.41, 5.74) is 0. The summed E-state index contributed by atoms with van der Waals surface area (Å²) in [7, 11) is 0. The van der Waals surface area contributed by atoms with Gasteiger partial charge in [-0.1, -0.05) is 26.3 Å². The fourth-order valence-electron chi connectivity index (χ4n) is 0.828. The average Bonchev–Trinajstić information content (AvgIpc) is 1.85. The number of carboxylic acids is 1. The molecule has 0 saturated heterocycles. The molecule has 2 nitrogen and oxygen atoms in total. The number of hydrogen-bond acceptors (Lipinski definition) is 1. The molecule has 0 aromatic heterocycles. The Morgan fingerprint density at radius 2 is 2.18 bits per heavy atom. The highest BCUT2D eigenvalue weighted by molar-refractivity contribution is 5.79. The molecule has 0 aliphatic carbocycles. The Labute approximate surface area is 67.9 Å². The highest BCUT2D eigenvalue weighted by Crippen LogP contribution is 2.06. The van der Waals surface area contributed by atoms with E-state index in [1.165, 1.54) is 12.5 Å². The summed E-state index contributed by atoms with van der Waals surface area (Å²) in [5, 5.41) is 8.24. The van der Waals surface area contributed by atoms with Crippen LogP contribution in [-0.4, -0.2) is 11.1 Å². The Hall–Kier alpha value is -0.790. The fourth-order valence-corrected chi connectivity index (χ4v) is 0.828. The first-order valence-corrected chi connectivity index (χ1v) is 4.02. The zero-order valence-corrected chi connectivity index (χ0v) is 7.21. The summed E-state index contributed by atoms with van der Waals surface area (Å²) >= 11 is 0. The quantitative estimate of drug-likeness (QED) is 0.490. The zero-order chi connectivity index (χ0) is 8.69. The second-order valence-corrected chi connectivity index (χ2v) is 3.07. The minimum absolute atomic E-state index is 0.716. The van der Waals surface area contributed by atoms with Gasteiger partial charge >= 0.3 is 5.97 Å². The van der Waals surface area contributed by atoms with Gasteiger partial charge in [-0.2, -0.15) is 0 Å². The second kappa shape index (κ2) is 5.96. The van der Waals surface area contributed by atoms with Crippen molar-refractivity contribution in [2.45, 2.75) is 33.1 Å². The number of rotatable bonds is 5. The van der Waals surface area contributed by atoms with Crippen LogP contribution in [0.2, 0.25) is 0 Å². The summed E-state index contributed by atoms with van der Waals surface area (Å²) in [6.45, 7) is 4.34. The lowest BCUT2D eigenvalue weighted by Crippen LogP contribution is -1.87. The SMILES string of the molecule is CC(C)CCCC=CC(=O)O. The molecule has 0 radical (unpaired) electrons. The molecule has 1 N–H and O–H groups in total. The summed E-state index contributed by atoms with van der Waals surface area (Å²) in [6, 6.07) is 0. The molecule has 0 rings (SSSR count). The predicted molar refractivity (Wildman–Crippen MR) is 45.5 cm³/mol. The van der Waals surface area contributed by atoms with E-state index in [1.807, 2.05) is 0 Å². The van der Waals surface area contributed by atoms with Crippen molar-refractivity contribution < 1.29 is 9.90 Å². The average molecular weight is 156 g/mol. The van der Waals surface area contributed by atoms with E-state index in [4.69, 9.17) is 5.11 Å². The molecule has 0 aromatic carbocycles. The first-order chi connectivity index (χ1) is 5.13. The molecule has 0 bridgehead atoms. The molecule has 0 saturated carbocycles. The minimum Gasteiger partial charge on any atom is -0.478 e. The summed E-state index contributed by atoms with van der Waals surface area (Å²) in [4.78, 5) is 10.0. The van der Waals surface area contributed by atoms with Crippen LogP contribution in [0.1, 0.15) is 33.1 Å². The normalized spacial score (nSPS) is 11.2. The van der Waals surface area contributed by atoms with Gasteiger partial charge in [-0.05, 0) is 18.8 Å². The molecular formula is C9H16O2. The molecule has 0 atom stereocenters. The molecule has 0 spiro atoms. The third kappa shape index (κ3) is 9.21. The van der Waals surface area contributed by atoms with E-state index in [-0.39, 0.29) is 0 Å². The second-order valence-electron chi connectivity index (χ2n) is 3.07. The van der Waals surface area contributed by atoms with Crippen molar-refractivity contribution in [2.75, 3.05) is 0 Å². The van der Waals surface area contributed by atoms with E-state index in [0.29, 0.717) is 5.92 Å². The fraction of sp³-hybridized carbons (Fsp3) is 0.667. The first kappa shape index (κ1) is 10.2. The lowest BCUT2D eigenvalue weighted by Gasteiger charge is -1.99. The Bertz CT molecular complexity index is 136. The Morgan fingerprint density at radius 3 is 2.64 bits per heavy atom. The number of unbranched alkanes of at least 4 members (excludes halogenated alkanes) is 1. The molecule has 0 heterocycles. The lowest BCUT2D eigenvalue weighted by molar-refractivity contribution is -0.131. The van der Waals surface area contributed by atoms with Gasteiger partial charge in [0, 0.05) is 6.08 Å². The van der Waals surface area contributed by atoms with E-state index in [0.717, 1.165) is 12.8 Å². The monoisotopic (exact) mass is 156 g/mol. The van der Waals surface area contributed by atoms with Crippen molar-refractivity contribution >= 4 is 5.97 Å². The maximum absolute atomic E-state index is 10.0. The predicted octanol–water partition coefficient (Wildman–Crippen LogP) is 2.45. The van der Waals surface area contributed by atoms with Crippen LogP contribution in [0.5, 0.6) is 0 Å². The van der Waals surface area contributed by atoms with Crippen LogP contribution in [0.15, 0.2) is 12.2 Å². The van der Waals surface area contributed by atoms with Crippen molar-refractivity contribution in [1.82, 2.24) is 0 Å². The summed E-state index contributed by atoms with van der Waals surface area (Å²) in [6.07, 6.45) is 6.06. The standard InChI is InChI=1S/C9H16O2/c1-8(2)6-4-3-5-7-9(10)11/h5,7-8H,3-4,6H2,1-2H3,(H,10,11). The van der Waals surface area contributed by atoms with Gasteiger partial charge in [0.15, 0.2) is 0 Å².